The molecule has 0 bridgehead atoms. The number of hydrogen-bond donors (Lipinski definition) is 1. The number of carbonyl (C=O) groups is 1. The van der Waals surface area contributed by atoms with Crippen LogP contribution >= 0.6 is 0 Å². The van der Waals surface area contributed by atoms with Gasteiger partial charge in [-0.1, -0.05) is 67.2 Å². The summed E-state index contributed by atoms with van der Waals surface area (Å²) >= 11 is 0. The second-order valence-corrected chi connectivity index (χ2v) is 7.88. The van der Waals surface area contributed by atoms with Crippen LogP contribution in [-0.4, -0.2) is 49.6 Å². The molecule has 0 radical (unpaired) electrons. The summed E-state index contributed by atoms with van der Waals surface area (Å²) in [4.78, 5) is 11.5. The number of ether oxygens (including phenoxy) is 4. The fraction of sp³-hybridized carbons (Fsp3) is 0.400. The molecule has 2 aliphatic rings. The van der Waals surface area contributed by atoms with Crippen LogP contribution in [0.5, 0.6) is 0 Å². The van der Waals surface area contributed by atoms with Gasteiger partial charge in [-0.2, -0.15) is 0 Å². The maximum absolute atomic E-state index is 11.5. The number of carbonyl (C=O) groups excluding carboxylic acids is 1. The lowest BCUT2D eigenvalue weighted by atomic mass is 10.1. The fourth-order valence-electron chi connectivity index (χ4n) is 4.08. The number of benzene rings is 2. The van der Waals surface area contributed by atoms with Crippen molar-refractivity contribution in [1.29, 1.82) is 0 Å². The lowest BCUT2D eigenvalue weighted by Gasteiger charge is -2.24. The molecule has 6 heteroatoms. The highest BCUT2D eigenvalue weighted by atomic mass is 16.6. The van der Waals surface area contributed by atoms with E-state index in [1.165, 1.54) is 6.08 Å². The van der Waals surface area contributed by atoms with E-state index in [1.807, 2.05) is 60.7 Å². The number of amides is 1. The minimum atomic E-state index is -0.235. The Morgan fingerprint density at radius 2 is 1.71 bits per heavy atom. The zero-order valence-electron chi connectivity index (χ0n) is 17.5. The van der Waals surface area contributed by atoms with Crippen LogP contribution in [0, 0.1) is 0 Å². The Hall–Kier alpha value is -2.51. The number of nitrogens with one attached hydrogen (secondary N) is 1. The van der Waals surface area contributed by atoms with Crippen LogP contribution in [-0.2, 0) is 37.0 Å². The molecule has 2 fully saturated rings. The van der Waals surface area contributed by atoms with E-state index in [2.05, 4.69) is 11.9 Å². The van der Waals surface area contributed by atoms with Gasteiger partial charge in [0, 0.05) is 13.0 Å². The summed E-state index contributed by atoms with van der Waals surface area (Å²) in [5, 5.41) is 2.80. The quantitative estimate of drug-likeness (QED) is 0.595. The van der Waals surface area contributed by atoms with Crippen molar-refractivity contribution in [2.75, 3.05) is 13.2 Å². The normalized spacial score (nSPS) is 27.0. The van der Waals surface area contributed by atoms with Gasteiger partial charge in [0.05, 0.1) is 32.0 Å². The molecule has 164 valence electrons. The van der Waals surface area contributed by atoms with E-state index in [1.54, 1.807) is 0 Å². The molecular formula is C25H29NO5. The first-order valence-corrected chi connectivity index (χ1v) is 10.7. The minimum Gasteiger partial charge on any atom is -0.374 e. The van der Waals surface area contributed by atoms with Gasteiger partial charge in [0.15, 0.2) is 0 Å². The number of hydrogen-bond acceptors (Lipinski definition) is 5. The van der Waals surface area contributed by atoms with Crippen molar-refractivity contribution in [3.63, 3.8) is 0 Å². The predicted octanol–water partition coefficient (Wildman–Crippen LogP) is 3.02. The van der Waals surface area contributed by atoms with E-state index in [0.29, 0.717) is 32.8 Å². The SMILES string of the molecule is C=CC(=O)NC[C@H]1C[C@@H]2O[C@H](COCc3ccccc3)[C@@H](OCc3ccccc3)[C@@H]2O1. The largest absolute Gasteiger partial charge is 0.374 e. The van der Waals surface area contributed by atoms with Crippen molar-refractivity contribution >= 4 is 5.91 Å². The minimum absolute atomic E-state index is 0.0725. The smallest absolute Gasteiger partial charge is 0.243 e. The van der Waals surface area contributed by atoms with Crippen LogP contribution in [0.2, 0.25) is 0 Å². The molecule has 0 saturated carbocycles. The molecule has 1 amide bonds. The summed E-state index contributed by atoms with van der Waals surface area (Å²) in [6.07, 6.45) is 1.18. The van der Waals surface area contributed by atoms with Gasteiger partial charge in [-0.05, 0) is 17.2 Å². The van der Waals surface area contributed by atoms with Crippen molar-refractivity contribution in [2.24, 2.45) is 0 Å². The monoisotopic (exact) mass is 423 g/mol. The van der Waals surface area contributed by atoms with E-state index in [4.69, 9.17) is 18.9 Å². The molecule has 2 aliphatic heterocycles. The Kier molecular flexibility index (Phi) is 7.48. The van der Waals surface area contributed by atoms with Crippen LogP contribution in [0.4, 0.5) is 0 Å². The lowest BCUT2D eigenvalue weighted by Crippen LogP contribution is -2.39. The van der Waals surface area contributed by atoms with Crippen molar-refractivity contribution in [2.45, 2.75) is 50.2 Å². The second kappa shape index (κ2) is 10.7. The summed E-state index contributed by atoms with van der Waals surface area (Å²) in [6.45, 7) is 5.35. The van der Waals surface area contributed by atoms with Crippen LogP contribution in [0.15, 0.2) is 73.3 Å². The van der Waals surface area contributed by atoms with Gasteiger partial charge < -0.3 is 24.3 Å². The molecule has 2 heterocycles. The molecule has 5 atom stereocenters. The van der Waals surface area contributed by atoms with Gasteiger partial charge in [0.25, 0.3) is 0 Å². The van der Waals surface area contributed by atoms with E-state index in [-0.39, 0.29) is 36.4 Å². The van der Waals surface area contributed by atoms with Crippen LogP contribution in [0.3, 0.4) is 0 Å². The standard InChI is InChI=1S/C25H29NO5/c1-2-23(27)26-14-20-13-21-25(30-20)24(29-16-19-11-7-4-8-12-19)22(31-21)17-28-15-18-9-5-3-6-10-18/h2-12,20-22,24-25H,1,13-17H2,(H,26,27)/t20-,21+,22-,24-,25-/m1/s1. The van der Waals surface area contributed by atoms with Gasteiger partial charge in [-0.15, -0.1) is 0 Å². The third-order valence-corrected chi connectivity index (χ3v) is 5.62. The van der Waals surface area contributed by atoms with Crippen molar-refractivity contribution in [3.8, 4) is 0 Å². The predicted molar refractivity (Wildman–Crippen MR) is 116 cm³/mol. The first-order chi connectivity index (χ1) is 15.2. The number of fused-ring (bicyclic) bond motifs is 1. The molecule has 1 N–H and O–H groups in total. The molecule has 6 nitrogen and oxygen atoms in total. The zero-order valence-corrected chi connectivity index (χ0v) is 17.5. The fourth-order valence-corrected chi connectivity index (χ4v) is 4.08. The van der Waals surface area contributed by atoms with Gasteiger partial charge in [-0.25, -0.2) is 0 Å². The first kappa shape index (κ1) is 21.7. The Morgan fingerprint density at radius 1 is 1.03 bits per heavy atom. The van der Waals surface area contributed by atoms with Crippen molar-refractivity contribution in [3.05, 3.63) is 84.4 Å². The second-order valence-electron chi connectivity index (χ2n) is 7.88. The van der Waals surface area contributed by atoms with E-state index >= 15 is 0 Å². The molecule has 0 aromatic heterocycles. The Morgan fingerprint density at radius 3 is 2.39 bits per heavy atom. The highest BCUT2D eigenvalue weighted by Crippen LogP contribution is 2.36. The van der Waals surface area contributed by atoms with Crippen LogP contribution < -0.4 is 5.32 Å². The van der Waals surface area contributed by atoms with Crippen LogP contribution in [0.25, 0.3) is 0 Å². The average Bonchev–Trinajstić information content (AvgIpc) is 3.35. The van der Waals surface area contributed by atoms with Gasteiger partial charge >= 0.3 is 0 Å². The van der Waals surface area contributed by atoms with E-state index in [0.717, 1.165) is 11.1 Å². The third kappa shape index (κ3) is 5.80. The van der Waals surface area contributed by atoms with E-state index in [9.17, 15) is 4.79 Å². The topological polar surface area (TPSA) is 66.0 Å². The van der Waals surface area contributed by atoms with Crippen molar-refractivity contribution in [1.82, 2.24) is 5.32 Å². The molecular weight excluding hydrogens is 394 g/mol. The Labute approximate surface area is 183 Å². The lowest BCUT2D eigenvalue weighted by molar-refractivity contribution is -0.118. The molecule has 0 spiro atoms. The third-order valence-electron chi connectivity index (χ3n) is 5.62. The Bertz CT molecular complexity index is 844. The summed E-state index contributed by atoms with van der Waals surface area (Å²) in [5.41, 5.74) is 2.22. The maximum Gasteiger partial charge on any atom is 0.243 e. The molecule has 2 saturated heterocycles. The molecule has 4 rings (SSSR count). The average molecular weight is 424 g/mol. The highest BCUT2D eigenvalue weighted by molar-refractivity contribution is 5.86. The Balaban J connectivity index is 1.35. The summed E-state index contributed by atoms with van der Waals surface area (Å²) in [6, 6.07) is 20.1. The first-order valence-electron chi connectivity index (χ1n) is 10.7. The highest BCUT2D eigenvalue weighted by Gasteiger charge is 2.51. The zero-order chi connectivity index (χ0) is 21.5. The van der Waals surface area contributed by atoms with E-state index < -0.39 is 0 Å². The molecule has 2 aromatic rings. The van der Waals surface area contributed by atoms with Gasteiger partial charge in [0.2, 0.25) is 5.91 Å². The molecule has 31 heavy (non-hydrogen) atoms. The molecule has 2 aromatic carbocycles. The van der Waals surface area contributed by atoms with Crippen LogP contribution in [0.1, 0.15) is 17.5 Å². The van der Waals surface area contributed by atoms with Gasteiger partial charge in [0.1, 0.15) is 18.3 Å². The summed E-state index contributed by atoms with van der Waals surface area (Å²) < 4.78 is 24.7. The molecule has 0 aliphatic carbocycles. The summed E-state index contributed by atoms with van der Waals surface area (Å²) in [5.74, 6) is -0.203. The maximum atomic E-state index is 11.5. The summed E-state index contributed by atoms with van der Waals surface area (Å²) in [7, 11) is 0. The number of rotatable bonds is 10. The van der Waals surface area contributed by atoms with Crippen molar-refractivity contribution < 1.29 is 23.7 Å². The molecule has 0 unspecified atom stereocenters. The van der Waals surface area contributed by atoms with Gasteiger partial charge in [-0.3, -0.25) is 4.79 Å².